The fourth-order valence-electron chi connectivity index (χ4n) is 1.86. The van der Waals surface area contributed by atoms with Crippen molar-refractivity contribution >= 4 is 0 Å². The lowest BCUT2D eigenvalue weighted by Gasteiger charge is -2.24. The van der Waals surface area contributed by atoms with Crippen LogP contribution in [0, 0.1) is 0 Å². The molecule has 68 valence electrons. The molecular formula is C11H18O. The van der Waals surface area contributed by atoms with Gasteiger partial charge in [0.1, 0.15) is 0 Å². The average molecular weight is 166 g/mol. The van der Waals surface area contributed by atoms with Crippen molar-refractivity contribution in [1.29, 1.82) is 0 Å². The zero-order valence-electron chi connectivity index (χ0n) is 7.88. The molecule has 1 aliphatic rings. The molecule has 1 heteroatoms. The van der Waals surface area contributed by atoms with Crippen molar-refractivity contribution in [2.75, 3.05) is 6.61 Å². The van der Waals surface area contributed by atoms with Crippen molar-refractivity contribution in [3.8, 4) is 0 Å². The SMILES string of the molecule is C=CCOC1(C=CC)CCCC1. The van der Waals surface area contributed by atoms with E-state index >= 15 is 0 Å². The fraction of sp³-hybridized carbons (Fsp3) is 0.636. The second-order valence-corrected chi connectivity index (χ2v) is 3.37. The molecule has 1 saturated carbocycles. The Hall–Kier alpha value is -0.560. The highest BCUT2D eigenvalue weighted by molar-refractivity contribution is 5.04. The predicted molar refractivity (Wildman–Crippen MR) is 52.2 cm³/mol. The zero-order valence-corrected chi connectivity index (χ0v) is 7.88. The van der Waals surface area contributed by atoms with Gasteiger partial charge in [-0.1, -0.05) is 31.1 Å². The number of allylic oxidation sites excluding steroid dienone is 1. The van der Waals surface area contributed by atoms with Crippen molar-refractivity contribution in [3.63, 3.8) is 0 Å². The van der Waals surface area contributed by atoms with Gasteiger partial charge in [-0.3, -0.25) is 0 Å². The molecule has 0 aliphatic heterocycles. The van der Waals surface area contributed by atoms with Crippen molar-refractivity contribution in [2.45, 2.75) is 38.2 Å². The van der Waals surface area contributed by atoms with Crippen LogP contribution in [0.15, 0.2) is 24.8 Å². The van der Waals surface area contributed by atoms with E-state index in [4.69, 9.17) is 4.74 Å². The minimum Gasteiger partial charge on any atom is -0.367 e. The third kappa shape index (κ3) is 2.21. The highest BCUT2D eigenvalue weighted by Crippen LogP contribution is 2.34. The van der Waals surface area contributed by atoms with E-state index in [2.05, 4.69) is 25.7 Å². The third-order valence-electron chi connectivity index (χ3n) is 2.41. The van der Waals surface area contributed by atoms with Gasteiger partial charge in [-0.25, -0.2) is 0 Å². The molecule has 0 heterocycles. The first-order valence-electron chi connectivity index (χ1n) is 4.72. The van der Waals surface area contributed by atoms with Gasteiger partial charge in [-0.05, 0) is 19.8 Å². The smallest absolute Gasteiger partial charge is 0.0866 e. The Kier molecular flexibility index (Phi) is 3.54. The van der Waals surface area contributed by atoms with Gasteiger partial charge in [0.15, 0.2) is 0 Å². The molecule has 0 aromatic heterocycles. The monoisotopic (exact) mass is 166 g/mol. The molecule has 0 N–H and O–H groups in total. The van der Waals surface area contributed by atoms with Crippen molar-refractivity contribution in [3.05, 3.63) is 24.8 Å². The Labute approximate surface area is 75.1 Å². The number of rotatable bonds is 4. The molecule has 12 heavy (non-hydrogen) atoms. The maximum absolute atomic E-state index is 5.78. The molecule has 0 saturated heterocycles. The van der Waals surface area contributed by atoms with Crippen LogP contribution in [0.1, 0.15) is 32.6 Å². The molecule has 1 nitrogen and oxygen atoms in total. The highest BCUT2D eigenvalue weighted by Gasteiger charge is 2.31. The van der Waals surface area contributed by atoms with E-state index in [1.54, 1.807) is 0 Å². The molecule has 0 radical (unpaired) electrons. The van der Waals surface area contributed by atoms with Gasteiger partial charge in [0.2, 0.25) is 0 Å². The molecule has 1 aliphatic carbocycles. The lowest BCUT2D eigenvalue weighted by molar-refractivity contribution is 0.0144. The van der Waals surface area contributed by atoms with Crippen LogP contribution in [0.4, 0.5) is 0 Å². The molecule has 0 atom stereocenters. The van der Waals surface area contributed by atoms with Crippen molar-refractivity contribution < 1.29 is 4.74 Å². The van der Waals surface area contributed by atoms with E-state index in [1.807, 2.05) is 6.08 Å². The Morgan fingerprint density at radius 1 is 1.42 bits per heavy atom. The van der Waals surface area contributed by atoms with Crippen LogP contribution < -0.4 is 0 Å². The standard InChI is InChI=1S/C11H18O/c1-3-7-11(12-10-4-2)8-5-6-9-11/h3-4,7H,2,5-6,8-10H2,1H3. The molecule has 0 aromatic rings. The summed E-state index contributed by atoms with van der Waals surface area (Å²) in [6, 6.07) is 0. The highest BCUT2D eigenvalue weighted by atomic mass is 16.5. The number of hydrogen-bond donors (Lipinski definition) is 0. The van der Waals surface area contributed by atoms with Crippen LogP contribution in [0.5, 0.6) is 0 Å². The summed E-state index contributed by atoms with van der Waals surface area (Å²) in [4.78, 5) is 0. The normalized spacial score (nSPS) is 21.8. The Morgan fingerprint density at radius 3 is 2.58 bits per heavy atom. The topological polar surface area (TPSA) is 9.23 Å². The maximum atomic E-state index is 5.78. The first-order chi connectivity index (χ1) is 5.83. The van der Waals surface area contributed by atoms with Crippen LogP contribution in [-0.2, 0) is 4.74 Å². The summed E-state index contributed by atoms with van der Waals surface area (Å²) in [7, 11) is 0. The van der Waals surface area contributed by atoms with E-state index in [0.29, 0.717) is 6.61 Å². The van der Waals surface area contributed by atoms with Gasteiger partial charge >= 0.3 is 0 Å². The van der Waals surface area contributed by atoms with Gasteiger partial charge in [0.25, 0.3) is 0 Å². The van der Waals surface area contributed by atoms with E-state index in [9.17, 15) is 0 Å². The summed E-state index contributed by atoms with van der Waals surface area (Å²) >= 11 is 0. The first kappa shape index (κ1) is 9.53. The van der Waals surface area contributed by atoms with E-state index in [0.717, 1.165) is 0 Å². The fourth-order valence-corrected chi connectivity index (χ4v) is 1.86. The molecular weight excluding hydrogens is 148 g/mol. The van der Waals surface area contributed by atoms with Gasteiger partial charge < -0.3 is 4.74 Å². The molecule has 0 bridgehead atoms. The minimum atomic E-state index is 0.0446. The molecule has 1 rings (SSSR count). The summed E-state index contributed by atoms with van der Waals surface area (Å²) in [6.07, 6.45) is 11.0. The predicted octanol–water partition coefficient (Wildman–Crippen LogP) is 3.08. The van der Waals surface area contributed by atoms with Gasteiger partial charge in [0.05, 0.1) is 12.2 Å². The van der Waals surface area contributed by atoms with Crippen LogP contribution in [-0.4, -0.2) is 12.2 Å². The summed E-state index contributed by atoms with van der Waals surface area (Å²) in [5.74, 6) is 0. The van der Waals surface area contributed by atoms with Crippen molar-refractivity contribution in [1.82, 2.24) is 0 Å². The Bertz CT molecular complexity index is 164. The summed E-state index contributed by atoms with van der Waals surface area (Å²) in [6.45, 7) is 6.39. The van der Waals surface area contributed by atoms with Crippen LogP contribution in [0.2, 0.25) is 0 Å². The van der Waals surface area contributed by atoms with E-state index in [-0.39, 0.29) is 5.60 Å². The Morgan fingerprint density at radius 2 is 2.08 bits per heavy atom. The maximum Gasteiger partial charge on any atom is 0.0866 e. The van der Waals surface area contributed by atoms with Crippen LogP contribution in [0.3, 0.4) is 0 Å². The molecule has 0 aromatic carbocycles. The van der Waals surface area contributed by atoms with Gasteiger partial charge in [-0.2, -0.15) is 0 Å². The zero-order chi connectivity index (χ0) is 8.86. The van der Waals surface area contributed by atoms with E-state index in [1.165, 1.54) is 25.7 Å². The molecule has 0 spiro atoms. The van der Waals surface area contributed by atoms with Gasteiger partial charge in [0, 0.05) is 0 Å². The Balaban J connectivity index is 2.52. The van der Waals surface area contributed by atoms with Crippen LogP contribution in [0.25, 0.3) is 0 Å². The largest absolute Gasteiger partial charge is 0.367 e. The second-order valence-electron chi connectivity index (χ2n) is 3.37. The average Bonchev–Trinajstić information content (AvgIpc) is 2.51. The van der Waals surface area contributed by atoms with Crippen molar-refractivity contribution in [2.24, 2.45) is 0 Å². The summed E-state index contributed by atoms with van der Waals surface area (Å²) in [5.41, 5.74) is 0.0446. The number of ether oxygens (including phenoxy) is 1. The lowest BCUT2D eigenvalue weighted by Crippen LogP contribution is -2.26. The molecule has 0 unspecified atom stereocenters. The number of hydrogen-bond acceptors (Lipinski definition) is 1. The second kappa shape index (κ2) is 4.46. The summed E-state index contributed by atoms with van der Waals surface area (Å²) in [5, 5.41) is 0. The lowest BCUT2D eigenvalue weighted by atomic mass is 10.0. The summed E-state index contributed by atoms with van der Waals surface area (Å²) < 4.78 is 5.78. The molecule has 0 amide bonds. The third-order valence-corrected chi connectivity index (χ3v) is 2.41. The van der Waals surface area contributed by atoms with Crippen LogP contribution >= 0.6 is 0 Å². The quantitative estimate of drug-likeness (QED) is 0.583. The molecule has 1 fully saturated rings. The first-order valence-corrected chi connectivity index (χ1v) is 4.72. The van der Waals surface area contributed by atoms with Gasteiger partial charge in [-0.15, -0.1) is 6.58 Å². The van der Waals surface area contributed by atoms with E-state index < -0.39 is 0 Å². The minimum absolute atomic E-state index is 0.0446.